The zero-order valence-corrected chi connectivity index (χ0v) is 18.3. The fraction of sp³-hybridized carbons (Fsp3) is 0.500. The van der Waals surface area contributed by atoms with Gasteiger partial charge in [-0.05, 0) is 55.9 Å². The van der Waals surface area contributed by atoms with Gasteiger partial charge in [0.1, 0.15) is 0 Å². The molecule has 2 unspecified atom stereocenters. The first-order chi connectivity index (χ1) is 15.9. The minimum absolute atomic E-state index is 0.00565. The summed E-state index contributed by atoms with van der Waals surface area (Å²) in [5.74, 6) is 0.972. The van der Waals surface area contributed by atoms with E-state index in [-0.39, 0.29) is 30.1 Å². The Morgan fingerprint density at radius 2 is 2.00 bits per heavy atom. The third kappa shape index (κ3) is 3.46. The average molecular weight is 449 g/mol. The predicted octanol–water partition coefficient (Wildman–Crippen LogP) is 1.74. The first-order valence-electron chi connectivity index (χ1n) is 11.6. The number of nitrogens with one attached hydrogen (secondary N) is 1. The fourth-order valence-corrected chi connectivity index (χ4v) is 6.64. The molecule has 9 heteroatoms. The number of hydrogen-bond donors (Lipinski definition) is 4. The van der Waals surface area contributed by atoms with Crippen LogP contribution >= 0.6 is 0 Å². The number of nitrogen functional groups attached to an aromatic ring is 1. The predicted molar refractivity (Wildman–Crippen MR) is 122 cm³/mol. The summed E-state index contributed by atoms with van der Waals surface area (Å²) < 4.78 is 1.73. The van der Waals surface area contributed by atoms with Crippen LogP contribution in [0.25, 0.3) is 22.2 Å². The summed E-state index contributed by atoms with van der Waals surface area (Å²) >= 11 is 0. The molecule has 4 bridgehead atoms. The summed E-state index contributed by atoms with van der Waals surface area (Å²) in [5, 5.41) is 28.5. The second-order valence-corrected chi connectivity index (χ2v) is 10.0. The number of benzene rings is 1. The molecular formula is C24H28N6O3. The molecule has 2 heterocycles. The zero-order valence-electron chi connectivity index (χ0n) is 18.3. The number of hydrogen-bond acceptors (Lipinski definition) is 7. The van der Waals surface area contributed by atoms with E-state index in [2.05, 4.69) is 20.4 Å². The van der Waals surface area contributed by atoms with Gasteiger partial charge < -0.3 is 21.3 Å². The number of fused-ring (bicyclic) bond motifs is 1. The molecule has 9 nitrogen and oxygen atoms in total. The number of nitrogens with zero attached hydrogens (tertiary/aromatic N) is 4. The molecule has 0 saturated heterocycles. The van der Waals surface area contributed by atoms with Crippen molar-refractivity contribution in [2.24, 2.45) is 17.8 Å². The number of rotatable bonds is 5. The van der Waals surface area contributed by atoms with Gasteiger partial charge in [0.15, 0.2) is 11.5 Å². The second kappa shape index (κ2) is 7.50. The highest BCUT2D eigenvalue weighted by Crippen LogP contribution is 2.55. The minimum Gasteiger partial charge on any atom is -0.394 e. The molecule has 0 radical (unpaired) electrons. The Bertz CT molecular complexity index is 1220. The van der Waals surface area contributed by atoms with Gasteiger partial charge in [-0.1, -0.05) is 12.1 Å². The third-order valence-electron chi connectivity index (χ3n) is 7.81. The molecule has 172 valence electrons. The van der Waals surface area contributed by atoms with E-state index in [0.29, 0.717) is 30.0 Å². The molecule has 1 amide bonds. The van der Waals surface area contributed by atoms with Crippen molar-refractivity contribution in [2.45, 2.75) is 50.3 Å². The van der Waals surface area contributed by atoms with E-state index in [1.807, 2.05) is 18.2 Å². The van der Waals surface area contributed by atoms with E-state index in [1.54, 1.807) is 17.1 Å². The van der Waals surface area contributed by atoms with Crippen molar-refractivity contribution in [3.8, 4) is 11.3 Å². The van der Waals surface area contributed by atoms with E-state index in [1.165, 1.54) is 0 Å². The summed E-state index contributed by atoms with van der Waals surface area (Å²) in [6, 6.07) is 5.82. The van der Waals surface area contributed by atoms with Crippen LogP contribution in [-0.2, 0) is 6.54 Å². The summed E-state index contributed by atoms with van der Waals surface area (Å²) in [4.78, 5) is 22.1. The number of carbonyl (C=O) groups excluding carboxylic acids is 1. The first kappa shape index (κ1) is 20.6. The molecule has 7 rings (SSSR count). The van der Waals surface area contributed by atoms with Gasteiger partial charge in [0, 0.05) is 17.0 Å². The highest BCUT2D eigenvalue weighted by Gasteiger charge is 2.55. The normalized spacial score (nSPS) is 30.1. The van der Waals surface area contributed by atoms with Crippen molar-refractivity contribution in [1.29, 1.82) is 0 Å². The number of aliphatic hydroxyl groups excluding tert-OH is 1. The molecule has 2 aromatic heterocycles. The Morgan fingerprint density at radius 1 is 1.21 bits per heavy atom. The Hall–Kier alpha value is -3.04. The molecule has 1 aromatic carbocycles. The van der Waals surface area contributed by atoms with Gasteiger partial charge in [0.2, 0.25) is 0 Å². The van der Waals surface area contributed by atoms with E-state index in [9.17, 15) is 15.0 Å². The van der Waals surface area contributed by atoms with Gasteiger partial charge in [-0.2, -0.15) is 5.10 Å². The topological polar surface area (TPSA) is 139 Å². The van der Waals surface area contributed by atoms with Crippen LogP contribution in [0.4, 0.5) is 5.82 Å². The van der Waals surface area contributed by atoms with Crippen LogP contribution in [-0.4, -0.2) is 54.1 Å². The molecule has 4 aliphatic rings. The van der Waals surface area contributed by atoms with Crippen molar-refractivity contribution >= 4 is 22.6 Å². The van der Waals surface area contributed by atoms with Crippen molar-refractivity contribution < 1.29 is 15.0 Å². The molecule has 2 atom stereocenters. The highest BCUT2D eigenvalue weighted by atomic mass is 16.3. The quantitative estimate of drug-likeness (QED) is 0.466. The molecule has 4 fully saturated rings. The van der Waals surface area contributed by atoms with E-state index >= 15 is 0 Å². The van der Waals surface area contributed by atoms with Crippen molar-refractivity contribution in [1.82, 2.24) is 25.1 Å². The largest absolute Gasteiger partial charge is 0.394 e. The van der Waals surface area contributed by atoms with Crippen LogP contribution in [0.2, 0.25) is 0 Å². The molecule has 4 saturated carbocycles. The van der Waals surface area contributed by atoms with Crippen LogP contribution in [0.5, 0.6) is 0 Å². The maximum atomic E-state index is 13.2. The number of aromatic nitrogens is 4. The number of nitrogens with two attached hydrogens (primary N) is 1. The molecule has 3 aromatic rings. The summed E-state index contributed by atoms with van der Waals surface area (Å²) in [6.07, 6.45) is 7.87. The van der Waals surface area contributed by atoms with Gasteiger partial charge in [-0.3, -0.25) is 9.48 Å². The Kier molecular flexibility index (Phi) is 4.67. The standard InChI is InChI=1S/C24H28N6O3/c25-22-21(23(32)29-20-16-5-13-6-17(20)10-24(33,8-13)9-16)28-18(12-26-22)14-1-2-15-11-27-30(3-4-31)19(15)7-14/h1-2,7,11-13,16-17,20,31,33H,3-6,8-10H2,(H2,25,26)(H,29,32). The molecule has 0 aliphatic heterocycles. The average Bonchev–Trinajstić information content (AvgIpc) is 3.18. The Labute approximate surface area is 191 Å². The molecule has 5 N–H and O–H groups in total. The molecule has 0 spiro atoms. The van der Waals surface area contributed by atoms with Gasteiger partial charge in [0.05, 0.1) is 42.4 Å². The lowest BCUT2D eigenvalue weighted by atomic mass is 9.52. The van der Waals surface area contributed by atoms with Crippen molar-refractivity contribution in [3.05, 3.63) is 36.3 Å². The number of amides is 1. The maximum Gasteiger partial charge on any atom is 0.273 e. The van der Waals surface area contributed by atoms with Crippen LogP contribution in [0.15, 0.2) is 30.6 Å². The van der Waals surface area contributed by atoms with Gasteiger partial charge in [-0.15, -0.1) is 0 Å². The first-order valence-corrected chi connectivity index (χ1v) is 11.6. The van der Waals surface area contributed by atoms with E-state index < -0.39 is 5.60 Å². The maximum absolute atomic E-state index is 13.2. The molecular weight excluding hydrogens is 420 g/mol. The molecule has 33 heavy (non-hydrogen) atoms. The summed E-state index contributed by atoms with van der Waals surface area (Å²) in [7, 11) is 0. The van der Waals surface area contributed by atoms with Gasteiger partial charge >= 0.3 is 0 Å². The Balaban J connectivity index is 1.27. The van der Waals surface area contributed by atoms with Gasteiger partial charge in [0.25, 0.3) is 5.91 Å². The van der Waals surface area contributed by atoms with E-state index in [4.69, 9.17) is 5.73 Å². The van der Waals surface area contributed by atoms with Crippen molar-refractivity contribution in [2.75, 3.05) is 12.3 Å². The van der Waals surface area contributed by atoms with Crippen LogP contribution in [0, 0.1) is 17.8 Å². The highest BCUT2D eigenvalue weighted by molar-refractivity contribution is 5.97. The second-order valence-electron chi connectivity index (χ2n) is 10.0. The van der Waals surface area contributed by atoms with Crippen LogP contribution in [0.3, 0.4) is 0 Å². The number of carbonyl (C=O) groups is 1. The Morgan fingerprint density at radius 3 is 2.73 bits per heavy atom. The van der Waals surface area contributed by atoms with Gasteiger partial charge in [-0.25, -0.2) is 9.97 Å². The number of anilines is 1. The lowest BCUT2D eigenvalue weighted by Gasteiger charge is -2.58. The summed E-state index contributed by atoms with van der Waals surface area (Å²) in [6.45, 7) is 0.391. The molecule has 4 aliphatic carbocycles. The third-order valence-corrected chi connectivity index (χ3v) is 7.81. The zero-order chi connectivity index (χ0) is 22.7. The smallest absolute Gasteiger partial charge is 0.273 e. The van der Waals surface area contributed by atoms with E-state index in [0.717, 1.165) is 48.6 Å². The summed E-state index contributed by atoms with van der Waals surface area (Å²) in [5.41, 5.74) is 7.86. The van der Waals surface area contributed by atoms with Crippen molar-refractivity contribution in [3.63, 3.8) is 0 Å². The van der Waals surface area contributed by atoms with Crippen LogP contribution in [0.1, 0.15) is 42.6 Å². The fourth-order valence-electron chi connectivity index (χ4n) is 6.64. The minimum atomic E-state index is -0.544. The lowest BCUT2D eigenvalue weighted by Crippen LogP contribution is -2.61. The van der Waals surface area contributed by atoms with Crippen LogP contribution < -0.4 is 11.1 Å². The SMILES string of the molecule is Nc1ncc(-c2ccc3cnn(CCO)c3c2)nc1C(=O)NC1C2CC3CC1CC(O)(C3)C2. The monoisotopic (exact) mass is 448 g/mol. The lowest BCUT2D eigenvalue weighted by molar-refractivity contribution is -0.136. The number of aliphatic hydroxyl groups is 2.